The first kappa shape index (κ1) is 13.2. The average molecular weight is 257 g/mol. The second-order valence-electron chi connectivity index (χ2n) is 4.96. The summed E-state index contributed by atoms with van der Waals surface area (Å²) in [4.78, 5) is 16.4. The molecule has 2 rings (SSSR count). The van der Waals surface area contributed by atoms with Crippen molar-refractivity contribution in [2.75, 3.05) is 44.2 Å². The van der Waals surface area contributed by atoms with Crippen molar-refractivity contribution < 1.29 is 4.79 Å². The Morgan fingerprint density at radius 1 is 1.18 bits per heavy atom. The molecule has 2 aliphatic rings. The van der Waals surface area contributed by atoms with Crippen LogP contribution in [0.15, 0.2) is 0 Å². The molecule has 2 N–H and O–H groups in total. The fourth-order valence-electron chi connectivity index (χ4n) is 2.40. The van der Waals surface area contributed by atoms with Crippen molar-refractivity contribution in [3.8, 4) is 0 Å². The fraction of sp³-hybridized carbons (Fsp3) is 0.917. The number of nitrogens with zero attached hydrogens (tertiary/aromatic N) is 2. The number of hydrogen-bond donors (Lipinski definition) is 1. The lowest BCUT2D eigenvalue weighted by atomic mass is 10.1. The average Bonchev–Trinajstić information content (AvgIpc) is 2.61. The number of carbonyl (C=O) groups is 1. The molecule has 17 heavy (non-hydrogen) atoms. The van der Waals surface area contributed by atoms with Crippen LogP contribution in [0.4, 0.5) is 0 Å². The summed E-state index contributed by atoms with van der Waals surface area (Å²) in [6.45, 7) is 4.43. The van der Waals surface area contributed by atoms with E-state index in [2.05, 4.69) is 4.90 Å². The first-order chi connectivity index (χ1) is 8.25. The van der Waals surface area contributed by atoms with E-state index in [1.165, 1.54) is 5.75 Å². The van der Waals surface area contributed by atoms with Crippen molar-refractivity contribution in [1.82, 2.24) is 9.80 Å². The van der Waals surface area contributed by atoms with Crippen LogP contribution in [0, 0.1) is 0 Å². The van der Waals surface area contributed by atoms with Gasteiger partial charge in [0, 0.05) is 38.0 Å². The van der Waals surface area contributed by atoms with Gasteiger partial charge in [0.15, 0.2) is 0 Å². The van der Waals surface area contributed by atoms with Gasteiger partial charge in [-0.25, -0.2) is 0 Å². The van der Waals surface area contributed by atoms with E-state index >= 15 is 0 Å². The molecule has 2 fully saturated rings. The van der Waals surface area contributed by atoms with Crippen LogP contribution in [-0.4, -0.2) is 66.0 Å². The summed E-state index contributed by atoms with van der Waals surface area (Å²) in [6, 6.07) is 0.343. The molecule has 98 valence electrons. The molecule has 0 radical (unpaired) electrons. The molecule has 0 bridgehead atoms. The van der Waals surface area contributed by atoms with Gasteiger partial charge < -0.3 is 10.6 Å². The Morgan fingerprint density at radius 2 is 1.94 bits per heavy atom. The number of carbonyl (C=O) groups excluding carboxylic acids is 1. The molecule has 1 amide bonds. The molecule has 0 aromatic carbocycles. The second kappa shape index (κ2) is 6.61. The van der Waals surface area contributed by atoms with Gasteiger partial charge in [0.05, 0.1) is 6.54 Å². The van der Waals surface area contributed by atoms with E-state index in [0.717, 1.165) is 51.2 Å². The van der Waals surface area contributed by atoms with Gasteiger partial charge in [0.25, 0.3) is 0 Å². The largest absolute Gasteiger partial charge is 0.341 e. The SMILES string of the molecule is NC1CCN(CC(=O)N2CCCSCC2)CC1. The summed E-state index contributed by atoms with van der Waals surface area (Å²) in [7, 11) is 0. The van der Waals surface area contributed by atoms with Gasteiger partial charge in [0.2, 0.25) is 5.91 Å². The maximum atomic E-state index is 12.1. The lowest BCUT2D eigenvalue weighted by Crippen LogP contribution is -2.46. The third-order valence-electron chi connectivity index (χ3n) is 3.57. The van der Waals surface area contributed by atoms with Crippen molar-refractivity contribution in [3.63, 3.8) is 0 Å². The summed E-state index contributed by atoms with van der Waals surface area (Å²) < 4.78 is 0. The molecule has 2 saturated heterocycles. The maximum absolute atomic E-state index is 12.1. The molecule has 0 spiro atoms. The van der Waals surface area contributed by atoms with Gasteiger partial charge in [-0.15, -0.1) is 0 Å². The van der Waals surface area contributed by atoms with Crippen molar-refractivity contribution in [2.45, 2.75) is 25.3 Å². The van der Waals surface area contributed by atoms with Crippen LogP contribution in [-0.2, 0) is 4.79 Å². The zero-order valence-corrected chi connectivity index (χ0v) is 11.3. The molecule has 2 aliphatic heterocycles. The number of hydrogen-bond acceptors (Lipinski definition) is 4. The monoisotopic (exact) mass is 257 g/mol. The highest BCUT2D eigenvalue weighted by Crippen LogP contribution is 2.12. The Labute approximate surface area is 108 Å². The third kappa shape index (κ3) is 4.16. The minimum atomic E-state index is 0.308. The number of piperidine rings is 1. The lowest BCUT2D eigenvalue weighted by molar-refractivity contribution is -0.132. The smallest absolute Gasteiger partial charge is 0.236 e. The Bertz CT molecular complexity index is 246. The van der Waals surface area contributed by atoms with Crippen LogP contribution >= 0.6 is 11.8 Å². The van der Waals surface area contributed by atoms with E-state index < -0.39 is 0 Å². The van der Waals surface area contributed by atoms with Crippen LogP contribution in [0.5, 0.6) is 0 Å². The van der Waals surface area contributed by atoms with E-state index in [0.29, 0.717) is 18.5 Å². The molecule has 0 atom stereocenters. The summed E-state index contributed by atoms with van der Waals surface area (Å²) in [5.74, 6) is 2.60. The number of amides is 1. The van der Waals surface area contributed by atoms with E-state index in [-0.39, 0.29) is 0 Å². The molecule has 0 saturated carbocycles. The van der Waals surface area contributed by atoms with Gasteiger partial charge in [-0.1, -0.05) is 0 Å². The van der Waals surface area contributed by atoms with Crippen molar-refractivity contribution in [2.24, 2.45) is 5.73 Å². The summed E-state index contributed by atoms with van der Waals surface area (Å²) in [5, 5.41) is 0. The fourth-order valence-corrected chi connectivity index (χ4v) is 3.28. The van der Waals surface area contributed by atoms with Crippen LogP contribution in [0.2, 0.25) is 0 Å². The standard InChI is InChI=1S/C12H23N3OS/c13-11-2-5-14(6-3-11)10-12(16)15-4-1-8-17-9-7-15/h11H,1-10,13H2. The maximum Gasteiger partial charge on any atom is 0.236 e. The highest BCUT2D eigenvalue weighted by atomic mass is 32.2. The molecule has 0 aromatic rings. The van der Waals surface area contributed by atoms with Gasteiger partial charge in [-0.3, -0.25) is 9.69 Å². The second-order valence-corrected chi connectivity index (χ2v) is 6.19. The minimum absolute atomic E-state index is 0.308. The zero-order valence-electron chi connectivity index (χ0n) is 10.4. The van der Waals surface area contributed by atoms with Crippen LogP contribution in [0.25, 0.3) is 0 Å². The Kier molecular flexibility index (Phi) is 5.13. The van der Waals surface area contributed by atoms with Crippen molar-refractivity contribution >= 4 is 17.7 Å². The Balaban J connectivity index is 1.75. The summed E-state index contributed by atoms with van der Waals surface area (Å²) in [6.07, 6.45) is 3.20. The molecular formula is C12H23N3OS. The molecule has 0 aromatic heterocycles. The number of likely N-dealkylation sites (tertiary alicyclic amines) is 1. The van der Waals surface area contributed by atoms with E-state index in [1.807, 2.05) is 16.7 Å². The number of thioether (sulfide) groups is 1. The molecular weight excluding hydrogens is 234 g/mol. The van der Waals surface area contributed by atoms with Crippen molar-refractivity contribution in [1.29, 1.82) is 0 Å². The zero-order chi connectivity index (χ0) is 12.1. The van der Waals surface area contributed by atoms with Crippen molar-refractivity contribution in [3.05, 3.63) is 0 Å². The van der Waals surface area contributed by atoms with Crippen LogP contribution in [0.1, 0.15) is 19.3 Å². The van der Waals surface area contributed by atoms with E-state index in [9.17, 15) is 4.79 Å². The third-order valence-corrected chi connectivity index (χ3v) is 4.61. The lowest BCUT2D eigenvalue weighted by Gasteiger charge is -2.31. The molecule has 5 heteroatoms. The van der Waals surface area contributed by atoms with E-state index in [1.54, 1.807) is 0 Å². The Morgan fingerprint density at radius 3 is 2.71 bits per heavy atom. The van der Waals surface area contributed by atoms with E-state index in [4.69, 9.17) is 5.73 Å². The first-order valence-corrected chi connectivity index (χ1v) is 7.74. The molecule has 0 aliphatic carbocycles. The van der Waals surface area contributed by atoms with Crippen LogP contribution < -0.4 is 5.73 Å². The van der Waals surface area contributed by atoms with Gasteiger partial charge in [0.1, 0.15) is 0 Å². The summed E-state index contributed by atoms with van der Waals surface area (Å²) in [5.41, 5.74) is 5.87. The predicted molar refractivity (Wildman–Crippen MR) is 72.2 cm³/mol. The highest BCUT2D eigenvalue weighted by Gasteiger charge is 2.21. The first-order valence-electron chi connectivity index (χ1n) is 6.59. The molecule has 2 heterocycles. The highest BCUT2D eigenvalue weighted by molar-refractivity contribution is 7.99. The Hall–Kier alpha value is -0.260. The normalized spacial score (nSPS) is 24.6. The van der Waals surface area contributed by atoms with Gasteiger partial charge in [-0.05, 0) is 25.0 Å². The topological polar surface area (TPSA) is 49.6 Å². The minimum Gasteiger partial charge on any atom is -0.341 e. The quantitative estimate of drug-likeness (QED) is 0.777. The van der Waals surface area contributed by atoms with Crippen LogP contribution in [0.3, 0.4) is 0 Å². The molecule has 0 unspecified atom stereocenters. The number of nitrogens with two attached hydrogens (primary N) is 1. The van der Waals surface area contributed by atoms with Gasteiger partial charge >= 0.3 is 0 Å². The predicted octanol–water partition coefficient (Wildman–Crippen LogP) is 0.375. The molecule has 4 nitrogen and oxygen atoms in total. The number of rotatable bonds is 2. The summed E-state index contributed by atoms with van der Waals surface area (Å²) >= 11 is 1.96. The van der Waals surface area contributed by atoms with Gasteiger partial charge in [-0.2, -0.15) is 11.8 Å².